The van der Waals surface area contributed by atoms with Gasteiger partial charge in [-0.25, -0.2) is 0 Å². The van der Waals surface area contributed by atoms with E-state index in [1.165, 1.54) is 0 Å². The summed E-state index contributed by atoms with van der Waals surface area (Å²) in [5.41, 5.74) is 0.845. The number of phenolic OH excluding ortho intramolecular Hbond substituents is 1. The molecule has 0 unspecified atom stereocenters. The second-order valence-electron chi connectivity index (χ2n) is 7.79. The van der Waals surface area contributed by atoms with E-state index in [-0.39, 0.29) is 23.6 Å². The number of fused-ring (bicyclic) bond motifs is 1. The average molecular weight is 402 g/mol. The summed E-state index contributed by atoms with van der Waals surface area (Å²) in [7, 11) is 1.62. The van der Waals surface area contributed by atoms with Crippen molar-refractivity contribution < 1.29 is 14.6 Å². The molecule has 2 N–H and O–H groups in total. The number of phenols is 1. The van der Waals surface area contributed by atoms with Gasteiger partial charge in [0.25, 0.3) is 0 Å². The maximum absolute atomic E-state index is 12.0. The first-order chi connectivity index (χ1) is 13.9. The summed E-state index contributed by atoms with van der Waals surface area (Å²) in [6.07, 6.45) is 1.21. The minimum absolute atomic E-state index is 0.0183. The molecule has 8 nitrogen and oxygen atoms in total. The molecular weight excluding hydrogens is 370 g/mol. The SMILES string of the molecule is CCC(=O)N[C@H](c1nnc2n1CCN(Cc1cc(OC)ccc1O)CC2)C(C)C. The molecule has 2 heterocycles. The van der Waals surface area contributed by atoms with Crippen molar-refractivity contribution in [2.24, 2.45) is 5.92 Å². The van der Waals surface area contributed by atoms with Crippen molar-refractivity contribution >= 4 is 5.91 Å². The van der Waals surface area contributed by atoms with Crippen LogP contribution in [0.15, 0.2) is 18.2 Å². The van der Waals surface area contributed by atoms with Crippen LogP contribution in [0.5, 0.6) is 11.5 Å². The highest BCUT2D eigenvalue weighted by atomic mass is 16.5. The molecule has 1 atom stereocenters. The van der Waals surface area contributed by atoms with Crippen LogP contribution in [-0.4, -0.2) is 50.9 Å². The smallest absolute Gasteiger partial charge is 0.220 e. The highest BCUT2D eigenvalue weighted by Gasteiger charge is 2.27. The maximum atomic E-state index is 12.0. The van der Waals surface area contributed by atoms with Crippen LogP contribution in [-0.2, 0) is 24.3 Å². The first-order valence-electron chi connectivity index (χ1n) is 10.2. The van der Waals surface area contributed by atoms with Gasteiger partial charge >= 0.3 is 0 Å². The van der Waals surface area contributed by atoms with Crippen LogP contribution in [0.4, 0.5) is 0 Å². The van der Waals surface area contributed by atoms with Crippen molar-refractivity contribution in [3.05, 3.63) is 35.4 Å². The lowest BCUT2D eigenvalue weighted by Crippen LogP contribution is -2.34. The largest absolute Gasteiger partial charge is 0.508 e. The topological polar surface area (TPSA) is 92.5 Å². The van der Waals surface area contributed by atoms with Gasteiger partial charge in [0.1, 0.15) is 17.3 Å². The summed E-state index contributed by atoms with van der Waals surface area (Å²) in [6.45, 7) is 9.02. The van der Waals surface area contributed by atoms with Crippen molar-refractivity contribution in [1.29, 1.82) is 0 Å². The number of nitrogens with one attached hydrogen (secondary N) is 1. The Hall–Kier alpha value is -2.61. The van der Waals surface area contributed by atoms with Crippen molar-refractivity contribution in [1.82, 2.24) is 25.0 Å². The minimum Gasteiger partial charge on any atom is -0.508 e. The van der Waals surface area contributed by atoms with Crippen LogP contribution in [0.2, 0.25) is 0 Å². The monoisotopic (exact) mass is 401 g/mol. The van der Waals surface area contributed by atoms with Crippen LogP contribution >= 0.6 is 0 Å². The zero-order valence-electron chi connectivity index (χ0n) is 17.7. The molecule has 1 amide bonds. The van der Waals surface area contributed by atoms with E-state index in [0.29, 0.717) is 13.0 Å². The third kappa shape index (κ3) is 4.87. The number of carbonyl (C=O) groups is 1. The zero-order valence-corrected chi connectivity index (χ0v) is 17.7. The van der Waals surface area contributed by atoms with E-state index in [1.54, 1.807) is 19.2 Å². The molecule has 1 aromatic carbocycles. The Morgan fingerprint density at radius 1 is 1.28 bits per heavy atom. The fraction of sp³-hybridized carbons (Fsp3) is 0.571. The Morgan fingerprint density at radius 2 is 2.07 bits per heavy atom. The van der Waals surface area contributed by atoms with Crippen LogP contribution < -0.4 is 10.1 Å². The third-order valence-electron chi connectivity index (χ3n) is 5.41. The molecule has 3 rings (SSSR count). The first kappa shape index (κ1) is 21.1. The summed E-state index contributed by atoms with van der Waals surface area (Å²) in [5, 5.41) is 22.1. The number of benzene rings is 1. The Labute approximate surface area is 171 Å². The van der Waals surface area contributed by atoms with Gasteiger partial charge in [0.15, 0.2) is 5.82 Å². The molecule has 158 valence electrons. The lowest BCUT2D eigenvalue weighted by molar-refractivity contribution is -0.121. The summed E-state index contributed by atoms with van der Waals surface area (Å²) in [4.78, 5) is 14.3. The third-order valence-corrected chi connectivity index (χ3v) is 5.41. The van der Waals surface area contributed by atoms with Gasteiger partial charge in [-0.3, -0.25) is 9.69 Å². The highest BCUT2D eigenvalue weighted by molar-refractivity contribution is 5.75. The van der Waals surface area contributed by atoms with E-state index >= 15 is 0 Å². The van der Waals surface area contributed by atoms with E-state index in [2.05, 4.69) is 38.8 Å². The highest BCUT2D eigenvalue weighted by Crippen LogP contribution is 2.26. The predicted molar refractivity (Wildman–Crippen MR) is 110 cm³/mol. The standard InChI is InChI=1S/C21H31N5O3/c1-5-19(28)22-20(14(2)3)21-24-23-18-8-9-25(10-11-26(18)21)13-15-12-16(29-4)6-7-17(15)27/h6-7,12,14,20,27H,5,8-11,13H2,1-4H3,(H,22,28)/t20-/m0/s1. The second kappa shape index (κ2) is 9.26. The molecule has 8 heteroatoms. The summed E-state index contributed by atoms with van der Waals surface area (Å²) >= 11 is 0. The predicted octanol–water partition coefficient (Wildman–Crippen LogP) is 2.27. The normalized spacial score (nSPS) is 15.6. The molecule has 0 aliphatic carbocycles. The van der Waals surface area contributed by atoms with E-state index < -0.39 is 0 Å². The van der Waals surface area contributed by atoms with Crippen molar-refractivity contribution in [2.75, 3.05) is 20.2 Å². The number of methoxy groups -OCH3 is 1. The minimum atomic E-state index is -0.155. The lowest BCUT2D eigenvalue weighted by Gasteiger charge is -2.23. The van der Waals surface area contributed by atoms with Gasteiger partial charge in [-0.1, -0.05) is 20.8 Å². The van der Waals surface area contributed by atoms with Crippen LogP contribution in [0, 0.1) is 5.92 Å². The van der Waals surface area contributed by atoms with Gasteiger partial charge in [-0.05, 0) is 24.1 Å². The molecule has 1 aliphatic rings. The van der Waals surface area contributed by atoms with E-state index in [9.17, 15) is 9.90 Å². The number of aromatic nitrogens is 3. The average Bonchev–Trinajstić information content (AvgIpc) is 3.00. The van der Waals surface area contributed by atoms with Gasteiger partial charge in [0.05, 0.1) is 13.2 Å². The Bertz CT molecular complexity index is 849. The number of carbonyl (C=O) groups excluding carboxylic acids is 1. The molecular formula is C21H31N5O3. The molecule has 1 aliphatic heterocycles. The van der Waals surface area contributed by atoms with Gasteiger partial charge < -0.3 is 19.7 Å². The fourth-order valence-electron chi connectivity index (χ4n) is 3.64. The Balaban J connectivity index is 1.75. The number of hydrogen-bond acceptors (Lipinski definition) is 6. The zero-order chi connectivity index (χ0) is 21.0. The van der Waals surface area contributed by atoms with E-state index in [4.69, 9.17) is 4.74 Å². The molecule has 1 aromatic heterocycles. The number of ether oxygens (including phenoxy) is 1. The summed E-state index contributed by atoms with van der Waals surface area (Å²) in [6, 6.07) is 5.15. The number of hydrogen-bond donors (Lipinski definition) is 2. The molecule has 29 heavy (non-hydrogen) atoms. The van der Waals surface area contributed by atoms with Crippen molar-refractivity contribution in [2.45, 2.75) is 52.7 Å². The second-order valence-corrected chi connectivity index (χ2v) is 7.79. The molecule has 0 radical (unpaired) electrons. The first-order valence-corrected chi connectivity index (χ1v) is 10.2. The van der Waals surface area contributed by atoms with Crippen LogP contribution in [0.1, 0.15) is 50.4 Å². The number of nitrogens with zero attached hydrogens (tertiary/aromatic N) is 4. The fourth-order valence-corrected chi connectivity index (χ4v) is 3.64. The van der Waals surface area contributed by atoms with Crippen molar-refractivity contribution in [3.63, 3.8) is 0 Å². The van der Waals surface area contributed by atoms with E-state index in [0.717, 1.165) is 49.0 Å². The molecule has 0 saturated heterocycles. The van der Waals surface area contributed by atoms with Crippen LogP contribution in [0.3, 0.4) is 0 Å². The van der Waals surface area contributed by atoms with Gasteiger partial charge in [0, 0.05) is 44.6 Å². The maximum Gasteiger partial charge on any atom is 0.220 e. The quantitative estimate of drug-likeness (QED) is 0.739. The van der Waals surface area contributed by atoms with E-state index in [1.807, 2.05) is 13.0 Å². The Kier molecular flexibility index (Phi) is 6.74. The molecule has 0 spiro atoms. The van der Waals surface area contributed by atoms with Crippen LogP contribution in [0.25, 0.3) is 0 Å². The van der Waals surface area contributed by atoms with Gasteiger partial charge in [0.2, 0.25) is 5.91 Å². The number of rotatable bonds is 7. The summed E-state index contributed by atoms with van der Waals surface area (Å²) < 4.78 is 7.43. The lowest BCUT2D eigenvalue weighted by atomic mass is 10.0. The molecule has 0 saturated carbocycles. The van der Waals surface area contributed by atoms with Gasteiger partial charge in [-0.15, -0.1) is 10.2 Å². The van der Waals surface area contributed by atoms with Crippen molar-refractivity contribution in [3.8, 4) is 11.5 Å². The Morgan fingerprint density at radius 3 is 2.76 bits per heavy atom. The molecule has 0 bridgehead atoms. The summed E-state index contributed by atoms with van der Waals surface area (Å²) in [5.74, 6) is 3.00. The number of amides is 1. The molecule has 0 fully saturated rings. The van der Waals surface area contributed by atoms with Gasteiger partial charge in [-0.2, -0.15) is 0 Å². The molecule has 2 aromatic rings. The number of aromatic hydroxyl groups is 1.